The molecule has 3 amide bonds. The van der Waals surface area contributed by atoms with E-state index < -0.39 is 5.60 Å². The smallest absolute Gasteiger partial charge is 0.410 e. The number of hydrogen-bond donors (Lipinski definition) is 2. The third kappa shape index (κ3) is 8.06. The molecular formula is C17H26ClN3O3. The van der Waals surface area contributed by atoms with E-state index in [4.69, 9.17) is 16.3 Å². The summed E-state index contributed by atoms with van der Waals surface area (Å²) in [6.07, 6.45) is -0.377. The first-order chi connectivity index (χ1) is 11.1. The van der Waals surface area contributed by atoms with E-state index in [1.807, 2.05) is 27.7 Å². The number of nitrogens with zero attached hydrogens (tertiary/aromatic N) is 1. The van der Waals surface area contributed by atoms with E-state index in [1.54, 1.807) is 31.3 Å². The molecule has 0 aliphatic carbocycles. The van der Waals surface area contributed by atoms with Gasteiger partial charge in [0, 0.05) is 30.8 Å². The van der Waals surface area contributed by atoms with Gasteiger partial charge in [0.2, 0.25) is 0 Å². The summed E-state index contributed by atoms with van der Waals surface area (Å²) in [6, 6.07) is 6.60. The Morgan fingerprint density at radius 3 is 2.58 bits per heavy atom. The zero-order valence-corrected chi connectivity index (χ0v) is 15.6. The average molecular weight is 356 g/mol. The van der Waals surface area contributed by atoms with E-state index in [2.05, 4.69) is 10.6 Å². The number of amides is 3. The van der Waals surface area contributed by atoms with Crippen molar-refractivity contribution in [2.24, 2.45) is 5.92 Å². The summed E-state index contributed by atoms with van der Waals surface area (Å²) >= 11 is 5.87. The Bertz CT molecular complexity index is 572. The van der Waals surface area contributed by atoms with E-state index in [1.165, 1.54) is 4.90 Å². The SMILES string of the molecule is CC(CNC(=O)Nc1cccc(Cl)c1)CN(C)C(=O)OC(C)(C)C. The number of benzene rings is 1. The van der Waals surface area contributed by atoms with E-state index in [0.29, 0.717) is 23.8 Å². The van der Waals surface area contributed by atoms with Crippen molar-refractivity contribution in [1.29, 1.82) is 0 Å². The Morgan fingerprint density at radius 1 is 1.33 bits per heavy atom. The highest BCUT2D eigenvalue weighted by Gasteiger charge is 2.20. The fraction of sp³-hybridized carbons (Fsp3) is 0.529. The maximum Gasteiger partial charge on any atom is 0.410 e. The molecular weight excluding hydrogens is 330 g/mol. The van der Waals surface area contributed by atoms with Crippen molar-refractivity contribution < 1.29 is 14.3 Å². The molecule has 0 bridgehead atoms. The highest BCUT2D eigenvalue weighted by Crippen LogP contribution is 2.14. The molecule has 0 fully saturated rings. The molecule has 1 aromatic rings. The third-order valence-electron chi connectivity index (χ3n) is 2.98. The van der Waals surface area contributed by atoms with Crippen LogP contribution in [0, 0.1) is 5.92 Å². The van der Waals surface area contributed by atoms with Crippen molar-refractivity contribution in [3.05, 3.63) is 29.3 Å². The molecule has 0 aliphatic rings. The van der Waals surface area contributed by atoms with Crippen LogP contribution in [-0.4, -0.2) is 42.8 Å². The number of hydrogen-bond acceptors (Lipinski definition) is 3. The van der Waals surface area contributed by atoms with Gasteiger partial charge in [-0.1, -0.05) is 24.6 Å². The van der Waals surface area contributed by atoms with Crippen LogP contribution in [0.4, 0.5) is 15.3 Å². The standard InChI is InChI=1S/C17H26ClN3O3/c1-12(11-21(5)16(23)24-17(2,3)4)10-19-15(22)20-14-8-6-7-13(18)9-14/h6-9,12H,10-11H2,1-5H3,(H2,19,20,22). The molecule has 0 saturated heterocycles. The highest BCUT2D eigenvalue weighted by atomic mass is 35.5. The van der Waals surface area contributed by atoms with Crippen LogP contribution in [0.5, 0.6) is 0 Å². The lowest BCUT2D eigenvalue weighted by atomic mass is 10.1. The van der Waals surface area contributed by atoms with Crippen LogP contribution in [0.25, 0.3) is 0 Å². The second-order valence-corrected chi connectivity index (χ2v) is 7.25. The highest BCUT2D eigenvalue weighted by molar-refractivity contribution is 6.30. The molecule has 134 valence electrons. The molecule has 0 saturated carbocycles. The molecule has 0 radical (unpaired) electrons. The van der Waals surface area contributed by atoms with Crippen LogP contribution in [0.15, 0.2) is 24.3 Å². The number of rotatable bonds is 5. The molecule has 0 aliphatic heterocycles. The normalized spacial score (nSPS) is 12.2. The number of urea groups is 1. The zero-order chi connectivity index (χ0) is 18.3. The zero-order valence-electron chi connectivity index (χ0n) is 14.9. The van der Waals surface area contributed by atoms with Crippen LogP contribution in [-0.2, 0) is 4.74 Å². The van der Waals surface area contributed by atoms with Gasteiger partial charge in [-0.3, -0.25) is 0 Å². The lowest BCUT2D eigenvalue weighted by molar-refractivity contribution is 0.0278. The van der Waals surface area contributed by atoms with Crippen LogP contribution in [0.1, 0.15) is 27.7 Å². The summed E-state index contributed by atoms with van der Waals surface area (Å²) in [4.78, 5) is 25.3. The van der Waals surface area contributed by atoms with Gasteiger partial charge >= 0.3 is 12.1 Å². The number of ether oxygens (including phenoxy) is 1. The quantitative estimate of drug-likeness (QED) is 0.839. The van der Waals surface area contributed by atoms with Gasteiger partial charge < -0.3 is 20.3 Å². The largest absolute Gasteiger partial charge is 0.444 e. The van der Waals surface area contributed by atoms with Gasteiger partial charge in [0.1, 0.15) is 5.60 Å². The number of nitrogens with one attached hydrogen (secondary N) is 2. The average Bonchev–Trinajstić information content (AvgIpc) is 2.43. The maximum atomic E-state index is 11.9. The number of carbonyl (C=O) groups is 2. The fourth-order valence-corrected chi connectivity index (χ4v) is 2.15. The second-order valence-electron chi connectivity index (χ2n) is 6.81. The monoisotopic (exact) mass is 355 g/mol. The molecule has 1 atom stereocenters. The van der Waals surface area contributed by atoms with Crippen LogP contribution in [0.3, 0.4) is 0 Å². The van der Waals surface area contributed by atoms with Gasteiger partial charge in [-0.2, -0.15) is 0 Å². The first-order valence-corrected chi connectivity index (χ1v) is 8.19. The Hall–Kier alpha value is -1.95. The van der Waals surface area contributed by atoms with Crippen molar-refractivity contribution in [3.8, 4) is 0 Å². The van der Waals surface area contributed by atoms with Crippen molar-refractivity contribution in [2.45, 2.75) is 33.3 Å². The molecule has 7 heteroatoms. The lowest BCUT2D eigenvalue weighted by Gasteiger charge is -2.26. The second kappa shape index (κ2) is 8.78. The Kier molecular flexibility index (Phi) is 7.35. The first kappa shape index (κ1) is 20.1. The summed E-state index contributed by atoms with van der Waals surface area (Å²) in [5, 5.41) is 6.03. The van der Waals surface area contributed by atoms with Crippen molar-refractivity contribution in [2.75, 3.05) is 25.5 Å². The van der Waals surface area contributed by atoms with Gasteiger partial charge in [-0.25, -0.2) is 9.59 Å². The van der Waals surface area contributed by atoms with Crippen molar-refractivity contribution >= 4 is 29.4 Å². The molecule has 0 spiro atoms. The van der Waals surface area contributed by atoms with E-state index in [9.17, 15) is 9.59 Å². The van der Waals surface area contributed by atoms with Gasteiger partial charge in [0.05, 0.1) is 0 Å². The lowest BCUT2D eigenvalue weighted by Crippen LogP contribution is -2.40. The summed E-state index contributed by atoms with van der Waals surface area (Å²) in [6.45, 7) is 8.32. The number of anilines is 1. The first-order valence-electron chi connectivity index (χ1n) is 7.81. The fourth-order valence-electron chi connectivity index (χ4n) is 1.95. The van der Waals surface area contributed by atoms with Crippen molar-refractivity contribution in [1.82, 2.24) is 10.2 Å². The number of carbonyl (C=O) groups excluding carboxylic acids is 2. The molecule has 1 rings (SSSR count). The predicted molar refractivity (Wildman–Crippen MR) is 96.5 cm³/mol. The molecule has 0 aromatic heterocycles. The number of halogens is 1. The summed E-state index contributed by atoms with van der Waals surface area (Å²) in [5.74, 6) is 0.0765. The summed E-state index contributed by atoms with van der Waals surface area (Å²) in [5.41, 5.74) is 0.0995. The molecule has 24 heavy (non-hydrogen) atoms. The van der Waals surface area contributed by atoms with E-state index in [-0.39, 0.29) is 18.0 Å². The van der Waals surface area contributed by atoms with Crippen molar-refractivity contribution in [3.63, 3.8) is 0 Å². The van der Waals surface area contributed by atoms with E-state index >= 15 is 0 Å². The van der Waals surface area contributed by atoms with E-state index in [0.717, 1.165) is 0 Å². The molecule has 6 nitrogen and oxygen atoms in total. The minimum Gasteiger partial charge on any atom is -0.444 e. The minimum absolute atomic E-state index is 0.0765. The van der Waals surface area contributed by atoms with Gasteiger partial charge in [-0.05, 0) is 44.9 Å². The summed E-state index contributed by atoms with van der Waals surface area (Å²) in [7, 11) is 1.68. The molecule has 1 aromatic carbocycles. The Labute approximate surface area is 148 Å². The topological polar surface area (TPSA) is 70.7 Å². The molecule has 1 unspecified atom stereocenters. The van der Waals surface area contributed by atoms with Crippen LogP contribution < -0.4 is 10.6 Å². The predicted octanol–water partition coefficient (Wildman–Crippen LogP) is 3.96. The minimum atomic E-state index is -0.524. The third-order valence-corrected chi connectivity index (χ3v) is 3.22. The maximum absolute atomic E-state index is 11.9. The Morgan fingerprint density at radius 2 is 2.00 bits per heavy atom. The van der Waals surface area contributed by atoms with Gasteiger partial charge in [0.25, 0.3) is 0 Å². The summed E-state index contributed by atoms with van der Waals surface area (Å²) < 4.78 is 5.29. The van der Waals surface area contributed by atoms with Crippen LogP contribution in [0.2, 0.25) is 5.02 Å². The van der Waals surface area contributed by atoms with Gasteiger partial charge in [-0.15, -0.1) is 0 Å². The Balaban J connectivity index is 2.36. The molecule has 2 N–H and O–H groups in total. The van der Waals surface area contributed by atoms with Gasteiger partial charge in [0.15, 0.2) is 0 Å². The van der Waals surface area contributed by atoms with Crippen LogP contribution >= 0.6 is 11.6 Å². The molecule has 0 heterocycles.